The smallest absolute Gasteiger partial charge is 0.319 e. The number of hydrogen-bond donors (Lipinski definition) is 3. The average Bonchev–Trinajstić information content (AvgIpc) is 2.45. The lowest BCUT2D eigenvalue weighted by Gasteiger charge is -2.15. The minimum absolute atomic E-state index is 0.000797. The number of carbonyl (C=O) groups excluding carboxylic acids is 1. The topological polar surface area (TPSA) is 62.4 Å². The van der Waals surface area contributed by atoms with E-state index in [1.165, 1.54) is 0 Å². The van der Waals surface area contributed by atoms with Gasteiger partial charge in [-0.25, -0.2) is 4.79 Å². The normalized spacial score (nSPS) is 13.6. The first-order valence-corrected chi connectivity index (χ1v) is 6.97. The molecule has 0 saturated heterocycles. The highest BCUT2D eigenvalue weighted by atomic mass is 16.5. The van der Waals surface area contributed by atoms with Gasteiger partial charge in [0.1, 0.15) is 0 Å². The van der Waals surface area contributed by atoms with Gasteiger partial charge < -0.3 is 20.7 Å². The van der Waals surface area contributed by atoms with Crippen LogP contribution in [-0.4, -0.2) is 32.3 Å². The average molecular weight is 279 g/mol. The summed E-state index contributed by atoms with van der Waals surface area (Å²) in [6.07, 6.45) is 0.000797. The Hall–Kier alpha value is -1.59. The fourth-order valence-electron chi connectivity index (χ4n) is 1.80. The van der Waals surface area contributed by atoms with Crippen molar-refractivity contribution in [2.24, 2.45) is 0 Å². The lowest BCUT2D eigenvalue weighted by atomic mass is 10.1. The highest BCUT2D eigenvalue weighted by molar-refractivity contribution is 5.89. The quantitative estimate of drug-likeness (QED) is 0.718. The molecule has 2 amide bonds. The molecule has 0 aliphatic rings. The van der Waals surface area contributed by atoms with Crippen molar-refractivity contribution in [1.29, 1.82) is 0 Å². The van der Waals surface area contributed by atoms with Gasteiger partial charge in [-0.1, -0.05) is 19.1 Å². The Morgan fingerprint density at radius 3 is 2.75 bits per heavy atom. The molecular formula is C15H25N3O2. The molecule has 5 heteroatoms. The van der Waals surface area contributed by atoms with Gasteiger partial charge in [0.25, 0.3) is 0 Å². The fraction of sp³-hybridized carbons (Fsp3) is 0.533. The Morgan fingerprint density at radius 1 is 1.35 bits per heavy atom. The van der Waals surface area contributed by atoms with Crippen LogP contribution in [0.15, 0.2) is 24.3 Å². The van der Waals surface area contributed by atoms with E-state index in [0.29, 0.717) is 6.54 Å². The van der Waals surface area contributed by atoms with Crippen LogP contribution in [0.3, 0.4) is 0 Å². The molecule has 0 aliphatic carbocycles. The van der Waals surface area contributed by atoms with Crippen LogP contribution in [0, 0.1) is 0 Å². The molecule has 0 saturated carbocycles. The predicted octanol–water partition coefficient (Wildman–Crippen LogP) is 2.51. The second-order valence-electron chi connectivity index (χ2n) is 4.79. The van der Waals surface area contributed by atoms with Crippen LogP contribution in [0.5, 0.6) is 0 Å². The lowest BCUT2D eigenvalue weighted by molar-refractivity contribution is 0.119. The number of benzene rings is 1. The van der Waals surface area contributed by atoms with E-state index in [1.54, 1.807) is 7.11 Å². The van der Waals surface area contributed by atoms with E-state index in [9.17, 15) is 4.79 Å². The van der Waals surface area contributed by atoms with Crippen molar-refractivity contribution < 1.29 is 9.53 Å². The maximum absolute atomic E-state index is 11.7. The maximum atomic E-state index is 11.7. The Bertz CT molecular complexity index is 423. The number of methoxy groups -OCH3 is 1. The van der Waals surface area contributed by atoms with E-state index in [4.69, 9.17) is 4.74 Å². The molecule has 0 bridgehead atoms. The van der Waals surface area contributed by atoms with E-state index in [2.05, 4.69) is 29.8 Å². The molecule has 0 spiro atoms. The largest absolute Gasteiger partial charge is 0.380 e. The molecule has 3 N–H and O–H groups in total. The third kappa shape index (κ3) is 5.59. The lowest BCUT2D eigenvalue weighted by Crippen LogP contribution is -2.34. The van der Waals surface area contributed by atoms with Crippen LogP contribution < -0.4 is 16.0 Å². The summed E-state index contributed by atoms with van der Waals surface area (Å²) in [5.41, 5.74) is 1.93. The molecule has 20 heavy (non-hydrogen) atoms. The van der Waals surface area contributed by atoms with Gasteiger partial charge in [0, 0.05) is 25.4 Å². The third-order valence-electron chi connectivity index (χ3n) is 3.11. The van der Waals surface area contributed by atoms with Gasteiger partial charge in [0.05, 0.1) is 6.10 Å². The molecule has 2 atom stereocenters. The van der Waals surface area contributed by atoms with Crippen molar-refractivity contribution in [3.8, 4) is 0 Å². The molecule has 1 aromatic rings. The molecule has 0 aromatic heterocycles. The van der Waals surface area contributed by atoms with Crippen LogP contribution in [-0.2, 0) is 4.74 Å². The summed E-state index contributed by atoms with van der Waals surface area (Å²) < 4.78 is 5.08. The third-order valence-corrected chi connectivity index (χ3v) is 3.11. The summed E-state index contributed by atoms with van der Waals surface area (Å²) in [6, 6.07) is 7.88. The second-order valence-corrected chi connectivity index (χ2v) is 4.79. The van der Waals surface area contributed by atoms with Gasteiger partial charge in [-0.05, 0) is 38.1 Å². The molecular weight excluding hydrogens is 254 g/mol. The van der Waals surface area contributed by atoms with Crippen molar-refractivity contribution >= 4 is 11.7 Å². The molecule has 0 heterocycles. The standard InChI is InChI=1S/C15H25N3O2/c1-5-16-12(3)13-7-6-8-14(9-13)18-15(19)17-10-11(2)20-4/h6-9,11-12,16H,5,10H2,1-4H3,(H2,17,18,19). The maximum Gasteiger partial charge on any atom is 0.319 e. The van der Waals surface area contributed by atoms with Crippen LogP contribution in [0.1, 0.15) is 32.4 Å². The zero-order chi connectivity index (χ0) is 15.0. The predicted molar refractivity (Wildman–Crippen MR) is 82.0 cm³/mol. The minimum Gasteiger partial charge on any atom is -0.380 e. The van der Waals surface area contributed by atoms with Crippen LogP contribution in [0.2, 0.25) is 0 Å². The summed E-state index contributed by atoms with van der Waals surface area (Å²) in [5.74, 6) is 0. The summed E-state index contributed by atoms with van der Waals surface area (Å²) >= 11 is 0. The number of anilines is 1. The molecule has 5 nitrogen and oxygen atoms in total. The van der Waals surface area contributed by atoms with Crippen LogP contribution >= 0.6 is 0 Å². The van der Waals surface area contributed by atoms with Crippen LogP contribution in [0.4, 0.5) is 10.5 Å². The number of urea groups is 1. The second kappa shape index (κ2) is 8.55. The van der Waals surface area contributed by atoms with Gasteiger partial charge in [-0.3, -0.25) is 0 Å². The number of hydrogen-bond acceptors (Lipinski definition) is 3. The van der Waals surface area contributed by atoms with Gasteiger partial charge in [-0.2, -0.15) is 0 Å². The minimum atomic E-state index is -0.220. The van der Waals surface area contributed by atoms with Crippen molar-refractivity contribution in [3.63, 3.8) is 0 Å². The molecule has 112 valence electrons. The number of amides is 2. The number of carbonyl (C=O) groups is 1. The Balaban J connectivity index is 2.55. The van der Waals surface area contributed by atoms with E-state index in [-0.39, 0.29) is 18.2 Å². The SMILES string of the molecule is CCNC(C)c1cccc(NC(=O)NCC(C)OC)c1. The van der Waals surface area contributed by atoms with E-state index in [1.807, 2.05) is 31.2 Å². The van der Waals surface area contributed by atoms with E-state index in [0.717, 1.165) is 17.8 Å². The first kappa shape index (κ1) is 16.5. The number of rotatable bonds is 7. The first-order chi connectivity index (χ1) is 9.56. The van der Waals surface area contributed by atoms with E-state index < -0.39 is 0 Å². The van der Waals surface area contributed by atoms with Crippen molar-refractivity contribution in [3.05, 3.63) is 29.8 Å². The van der Waals surface area contributed by atoms with Gasteiger partial charge >= 0.3 is 6.03 Å². The summed E-state index contributed by atoms with van der Waals surface area (Å²) in [6.45, 7) is 7.47. The van der Waals surface area contributed by atoms with Gasteiger partial charge in [0.15, 0.2) is 0 Å². The first-order valence-electron chi connectivity index (χ1n) is 6.97. The highest BCUT2D eigenvalue weighted by Gasteiger charge is 2.07. The van der Waals surface area contributed by atoms with Gasteiger partial charge in [0.2, 0.25) is 0 Å². The number of nitrogens with one attached hydrogen (secondary N) is 3. The number of ether oxygens (including phenoxy) is 1. The van der Waals surface area contributed by atoms with Crippen molar-refractivity contribution in [2.75, 3.05) is 25.5 Å². The Kier molecular flexibility index (Phi) is 7.04. The molecule has 2 unspecified atom stereocenters. The fourth-order valence-corrected chi connectivity index (χ4v) is 1.80. The monoisotopic (exact) mass is 279 g/mol. The van der Waals surface area contributed by atoms with E-state index >= 15 is 0 Å². The summed E-state index contributed by atoms with van der Waals surface area (Å²) in [5, 5.41) is 8.94. The Labute approximate surface area is 121 Å². The zero-order valence-electron chi connectivity index (χ0n) is 12.7. The molecule has 0 aliphatic heterocycles. The molecule has 1 aromatic carbocycles. The summed E-state index contributed by atoms with van der Waals surface area (Å²) in [4.78, 5) is 11.7. The van der Waals surface area contributed by atoms with Crippen molar-refractivity contribution in [2.45, 2.75) is 32.9 Å². The Morgan fingerprint density at radius 2 is 2.10 bits per heavy atom. The summed E-state index contributed by atoms with van der Waals surface area (Å²) in [7, 11) is 1.62. The molecule has 1 rings (SSSR count). The molecule has 0 fully saturated rings. The highest BCUT2D eigenvalue weighted by Crippen LogP contribution is 2.17. The van der Waals surface area contributed by atoms with Crippen LogP contribution in [0.25, 0.3) is 0 Å². The zero-order valence-corrected chi connectivity index (χ0v) is 12.7. The van der Waals surface area contributed by atoms with Crippen molar-refractivity contribution in [1.82, 2.24) is 10.6 Å². The molecule has 0 radical (unpaired) electrons. The van der Waals surface area contributed by atoms with Gasteiger partial charge in [-0.15, -0.1) is 0 Å².